The number of nitrogens with two attached hydrogens (primary N) is 1. The Hall–Kier alpha value is -1.44. The quantitative estimate of drug-likeness (QED) is 0.842. The molecule has 6 nitrogen and oxygen atoms in total. The van der Waals surface area contributed by atoms with Gasteiger partial charge in [0, 0.05) is 30.7 Å². The number of sulfonamides is 1. The van der Waals surface area contributed by atoms with Crippen LogP contribution in [0.15, 0.2) is 29.2 Å². The Balaban J connectivity index is 2.17. The third-order valence-corrected chi connectivity index (χ3v) is 5.39. The van der Waals surface area contributed by atoms with E-state index in [-0.39, 0.29) is 22.9 Å². The summed E-state index contributed by atoms with van der Waals surface area (Å²) in [5.41, 5.74) is 6.18. The lowest BCUT2D eigenvalue weighted by Crippen LogP contribution is -2.39. The van der Waals surface area contributed by atoms with Gasteiger partial charge in [-0.2, -0.15) is 0 Å². The summed E-state index contributed by atoms with van der Waals surface area (Å²) in [6.45, 7) is 4.68. The van der Waals surface area contributed by atoms with E-state index in [1.165, 1.54) is 12.1 Å². The van der Waals surface area contributed by atoms with Gasteiger partial charge in [-0.1, -0.05) is 0 Å². The smallest absolute Gasteiger partial charge is 0.254 e. The van der Waals surface area contributed by atoms with Crippen molar-refractivity contribution in [2.75, 3.05) is 13.1 Å². The molecule has 22 heavy (non-hydrogen) atoms. The predicted octanol–water partition coefficient (Wildman–Crippen LogP) is 0.937. The van der Waals surface area contributed by atoms with E-state index in [9.17, 15) is 13.2 Å². The molecule has 0 saturated carbocycles. The van der Waals surface area contributed by atoms with Crippen molar-refractivity contribution in [3.63, 3.8) is 0 Å². The van der Waals surface area contributed by atoms with Gasteiger partial charge in [0.05, 0.1) is 4.90 Å². The maximum absolute atomic E-state index is 12.5. The van der Waals surface area contributed by atoms with Crippen molar-refractivity contribution in [2.24, 2.45) is 5.73 Å². The summed E-state index contributed by atoms with van der Waals surface area (Å²) in [7, 11) is -3.53. The minimum Gasteiger partial charge on any atom is -0.334 e. The Morgan fingerprint density at radius 3 is 2.55 bits per heavy atom. The second-order valence-corrected chi connectivity index (χ2v) is 7.54. The molecule has 0 bridgehead atoms. The van der Waals surface area contributed by atoms with Crippen molar-refractivity contribution in [3.8, 4) is 0 Å². The molecule has 1 atom stereocenters. The fourth-order valence-corrected chi connectivity index (χ4v) is 3.92. The normalized spacial score (nSPS) is 18.9. The molecular formula is C15H23N3O3S. The van der Waals surface area contributed by atoms with Crippen molar-refractivity contribution in [1.29, 1.82) is 0 Å². The first kappa shape index (κ1) is 16.9. The molecule has 0 radical (unpaired) electrons. The number of nitrogens with zero attached hydrogens (tertiary/aromatic N) is 1. The van der Waals surface area contributed by atoms with Gasteiger partial charge < -0.3 is 10.6 Å². The van der Waals surface area contributed by atoms with Crippen molar-refractivity contribution >= 4 is 15.9 Å². The van der Waals surface area contributed by atoms with Crippen LogP contribution in [0, 0.1) is 0 Å². The number of carbonyl (C=O) groups excluding carboxylic acids is 1. The van der Waals surface area contributed by atoms with Gasteiger partial charge in [-0.05, 0) is 51.0 Å². The minimum atomic E-state index is -3.53. The molecule has 1 aromatic carbocycles. The fourth-order valence-electron chi connectivity index (χ4n) is 2.67. The lowest BCUT2D eigenvalue weighted by Gasteiger charge is -2.23. The zero-order valence-electron chi connectivity index (χ0n) is 13.0. The Morgan fingerprint density at radius 1 is 1.36 bits per heavy atom. The summed E-state index contributed by atoms with van der Waals surface area (Å²) in [5.74, 6) is -0.0892. The number of nitrogens with one attached hydrogen (secondary N) is 1. The third-order valence-electron chi connectivity index (χ3n) is 3.71. The summed E-state index contributed by atoms with van der Waals surface area (Å²) in [6, 6.07) is 5.95. The molecule has 2 rings (SSSR count). The summed E-state index contributed by atoms with van der Waals surface area (Å²) in [6.07, 6.45) is 1.88. The first-order valence-electron chi connectivity index (χ1n) is 7.48. The van der Waals surface area contributed by atoms with Crippen molar-refractivity contribution in [1.82, 2.24) is 9.62 Å². The number of benzene rings is 1. The summed E-state index contributed by atoms with van der Waals surface area (Å²) < 4.78 is 26.6. The van der Waals surface area contributed by atoms with Crippen LogP contribution < -0.4 is 10.5 Å². The van der Waals surface area contributed by atoms with Crippen LogP contribution in [0.4, 0.5) is 0 Å². The van der Waals surface area contributed by atoms with E-state index in [2.05, 4.69) is 4.72 Å². The molecule has 1 fully saturated rings. The average Bonchev–Trinajstić information content (AvgIpc) is 2.93. The van der Waals surface area contributed by atoms with Gasteiger partial charge in [-0.25, -0.2) is 13.1 Å². The number of amides is 1. The maximum atomic E-state index is 12.5. The SMILES string of the molecule is CC(C)NS(=O)(=O)c1ccc(C(=O)N2CCCC2CN)cc1. The zero-order chi connectivity index (χ0) is 16.3. The molecule has 1 unspecified atom stereocenters. The van der Waals surface area contributed by atoms with Crippen LogP contribution in [-0.2, 0) is 10.0 Å². The van der Waals surface area contributed by atoms with E-state index >= 15 is 0 Å². The largest absolute Gasteiger partial charge is 0.334 e. The van der Waals surface area contributed by atoms with E-state index in [1.54, 1.807) is 30.9 Å². The maximum Gasteiger partial charge on any atom is 0.254 e. The highest BCUT2D eigenvalue weighted by Gasteiger charge is 2.28. The number of hydrogen-bond donors (Lipinski definition) is 2. The molecule has 1 aliphatic heterocycles. The molecule has 0 spiro atoms. The molecule has 3 N–H and O–H groups in total. The standard InChI is InChI=1S/C15H23N3O3S/c1-11(2)17-22(20,21)14-7-5-12(6-8-14)15(19)18-9-3-4-13(18)10-16/h5-8,11,13,17H,3-4,9-10,16H2,1-2H3. The van der Waals surface area contributed by atoms with E-state index in [0.29, 0.717) is 18.7 Å². The monoisotopic (exact) mass is 325 g/mol. The molecule has 1 saturated heterocycles. The highest BCUT2D eigenvalue weighted by atomic mass is 32.2. The topological polar surface area (TPSA) is 92.5 Å². The van der Waals surface area contributed by atoms with E-state index in [4.69, 9.17) is 5.73 Å². The Kier molecular flexibility index (Phi) is 5.20. The van der Waals surface area contributed by atoms with Crippen LogP contribution in [0.5, 0.6) is 0 Å². The highest BCUT2D eigenvalue weighted by Crippen LogP contribution is 2.20. The van der Waals surface area contributed by atoms with Crippen LogP contribution in [0.2, 0.25) is 0 Å². The number of hydrogen-bond acceptors (Lipinski definition) is 4. The molecule has 1 amide bonds. The van der Waals surface area contributed by atoms with Crippen molar-refractivity contribution in [2.45, 2.75) is 43.7 Å². The first-order valence-corrected chi connectivity index (χ1v) is 8.97. The van der Waals surface area contributed by atoms with Gasteiger partial charge in [0.2, 0.25) is 10.0 Å². The van der Waals surface area contributed by atoms with Crippen molar-refractivity contribution in [3.05, 3.63) is 29.8 Å². The molecule has 0 aliphatic carbocycles. The molecule has 1 aliphatic rings. The van der Waals surface area contributed by atoms with Gasteiger partial charge in [0.1, 0.15) is 0 Å². The number of rotatable bonds is 5. The molecule has 1 heterocycles. The van der Waals surface area contributed by atoms with E-state index < -0.39 is 10.0 Å². The second-order valence-electron chi connectivity index (χ2n) is 5.83. The van der Waals surface area contributed by atoms with Gasteiger partial charge in [0.15, 0.2) is 0 Å². The lowest BCUT2D eigenvalue weighted by atomic mass is 10.1. The molecule has 0 aromatic heterocycles. The Labute approximate surface area is 131 Å². The van der Waals surface area contributed by atoms with E-state index in [0.717, 1.165) is 12.8 Å². The van der Waals surface area contributed by atoms with Crippen LogP contribution >= 0.6 is 0 Å². The highest BCUT2D eigenvalue weighted by molar-refractivity contribution is 7.89. The van der Waals surface area contributed by atoms with Crippen molar-refractivity contribution < 1.29 is 13.2 Å². The number of carbonyl (C=O) groups is 1. The zero-order valence-corrected chi connectivity index (χ0v) is 13.8. The van der Waals surface area contributed by atoms with Gasteiger partial charge in [0.25, 0.3) is 5.91 Å². The summed E-state index contributed by atoms with van der Waals surface area (Å²) >= 11 is 0. The minimum absolute atomic E-state index is 0.0820. The van der Waals surface area contributed by atoms with Crippen LogP contribution in [0.3, 0.4) is 0 Å². The van der Waals surface area contributed by atoms with E-state index in [1.807, 2.05) is 0 Å². The Morgan fingerprint density at radius 2 is 2.00 bits per heavy atom. The summed E-state index contributed by atoms with van der Waals surface area (Å²) in [5, 5.41) is 0. The molecule has 122 valence electrons. The lowest BCUT2D eigenvalue weighted by molar-refractivity contribution is 0.0741. The first-order chi connectivity index (χ1) is 10.3. The molecular weight excluding hydrogens is 302 g/mol. The third kappa shape index (κ3) is 3.66. The Bertz CT molecular complexity index is 626. The van der Waals surface area contributed by atoms with Gasteiger partial charge >= 0.3 is 0 Å². The average molecular weight is 325 g/mol. The second kappa shape index (κ2) is 6.76. The molecule has 1 aromatic rings. The van der Waals surface area contributed by atoms with Gasteiger partial charge in [-0.15, -0.1) is 0 Å². The summed E-state index contributed by atoms with van der Waals surface area (Å²) in [4.78, 5) is 14.4. The van der Waals surface area contributed by atoms with Crippen LogP contribution in [-0.4, -0.2) is 44.4 Å². The van der Waals surface area contributed by atoms with Crippen LogP contribution in [0.25, 0.3) is 0 Å². The number of likely N-dealkylation sites (tertiary alicyclic amines) is 1. The fraction of sp³-hybridized carbons (Fsp3) is 0.533. The van der Waals surface area contributed by atoms with Gasteiger partial charge in [-0.3, -0.25) is 4.79 Å². The van der Waals surface area contributed by atoms with Crippen LogP contribution in [0.1, 0.15) is 37.0 Å². The predicted molar refractivity (Wildman–Crippen MR) is 85.0 cm³/mol. The molecule has 7 heteroatoms.